The number of piperazine rings is 2. The summed E-state index contributed by atoms with van der Waals surface area (Å²) in [6.07, 6.45) is 2.91. The lowest BCUT2D eigenvalue weighted by molar-refractivity contribution is -0.00100. The fourth-order valence-electron chi connectivity index (χ4n) is 7.09. The zero-order valence-corrected chi connectivity index (χ0v) is 32.1. The molecule has 0 bridgehead atoms. The fourth-order valence-corrected chi connectivity index (χ4v) is 7.09. The van der Waals surface area contributed by atoms with Gasteiger partial charge in [-0.1, -0.05) is 36.4 Å². The quantitative estimate of drug-likeness (QED) is 0.189. The molecule has 8 rings (SSSR count). The molecular formula is C42H48Cl2N4O6-2. The topological polar surface area (TPSA) is 84.0 Å². The standard InChI is InChI=1S/2C21H24N2O3.2ClH/c2*24-19(17-8-9-20-21(15-17)26-16-25-20)7-4-10-22-11-13-23(14-12-22)18-5-2-1-3-6-18;;/h2*1-3,5-6,8-9,15H,4,7,10-14,16H2;2*1H/p-2. The predicted molar refractivity (Wildman–Crippen MR) is 202 cm³/mol. The monoisotopic (exact) mass is 774 g/mol. The van der Waals surface area contributed by atoms with Crippen molar-refractivity contribution in [1.29, 1.82) is 0 Å². The van der Waals surface area contributed by atoms with Crippen LogP contribution in [0.4, 0.5) is 11.4 Å². The van der Waals surface area contributed by atoms with Gasteiger partial charge in [0.1, 0.15) is 0 Å². The lowest BCUT2D eigenvalue weighted by Crippen LogP contribution is -3.00. The van der Waals surface area contributed by atoms with E-state index in [2.05, 4.69) is 80.3 Å². The second-order valence-corrected chi connectivity index (χ2v) is 13.5. The van der Waals surface area contributed by atoms with Crippen LogP contribution in [0, 0.1) is 0 Å². The molecule has 12 heteroatoms. The zero-order valence-electron chi connectivity index (χ0n) is 30.5. The molecule has 4 aromatic rings. The van der Waals surface area contributed by atoms with Crippen molar-refractivity contribution < 1.29 is 53.4 Å². The van der Waals surface area contributed by atoms with Crippen molar-refractivity contribution in [2.24, 2.45) is 0 Å². The van der Waals surface area contributed by atoms with E-state index in [1.54, 1.807) is 12.1 Å². The van der Waals surface area contributed by atoms with Gasteiger partial charge in [0.05, 0.1) is 0 Å². The van der Waals surface area contributed by atoms with Gasteiger partial charge in [0.15, 0.2) is 34.6 Å². The van der Waals surface area contributed by atoms with E-state index in [0.717, 1.165) is 89.8 Å². The van der Waals surface area contributed by atoms with E-state index in [1.165, 1.54) is 11.4 Å². The van der Waals surface area contributed by atoms with Crippen LogP contribution < -0.4 is 53.6 Å². The number of carbonyl (C=O) groups excluding carboxylic acids is 2. The Bertz CT molecular complexity index is 1650. The van der Waals surface area contributed by atoms with Crippen LogP contribution in [-0.2, 0) is 0 Å². The van der Waals surface area contributed by atoms with Gasteiger partial charge in [-0.05, 0) is 86.6 Å². The Morgan fingerprint density at radius 1 is 0.463 bits per heavy atom. The van der Waals surface area contributed by atoms with Crippen LogP contribution in [0.3, 0.4) is 0 Å². The lowest BCUT2D eigenvalue weighted by atomic mass is 10.1. The molecule has 4 aliphatic heterocycles. The van der Waals surface area contributed by atoms with Crippen molar-refractivity contribution >= 4 is 22.9 Å². The number of carbonyl (C=O) groups is 2. The summed E-state index contributed by atoms with van der Waals surface area (Å²) in [5, 5.41) is 0. The summed E-state index contributed by atoms with van der Waals surface area (Å²) in [7, 11) is 0. The van der Waals surface area contributed by atoms with Gasteiger partial charge in [-0.3, -0.25) is 19.4 Å². The van der Waals surface area contributed by atoms with Crippen molar-refractivity contribution in [3.05, 3.63) is 108 Å². The number of hydrogen-bond donors (Lipinski definition) is 0. The third-order valence-corrected chi connectivity index (χ3v) is 10.1. The maximum Gasteiger partial charge on any atom is 0.231 e. The van der Waals surface area contributed by atoms with E-state index >= 15 is 0 Å². The Morgan fingerprint density at radius 2 is 0.833 bits per heavy atom. The molecule has 4 aromatic carbocycles. The maximum atomic E-state index is 12.4. The number of halogens is 2. The van der Waals surface area contributed by atoms with Crippen LogP contribution in [0.25, 0.3) is 0 Å². The highest BCUT2D eigenvalue weighted by atomic mass is 35.5. The first-order valence-corrected chi connectivity index (χ1v) is 18.5. The van der Waals surface area contributed by atoms with Gasteiger partial charge < -0.3 is 53.6 Å². The van der Waals surface area contributed by atoms with Crippen LogP contribution >= 0.6 is 0 Å². The van der Waals surface area contributed by atoms with Gasteiger partial charge >= 0.3 is 0 Å². The smallest absolute Gasteiger partial charge is 0.231 e. The van der Waals surface area contributed by atoms with Gasteiger partial charge in [-0.2, -0.15) is 0 Å². The van der Waals surface area contributed by atoms with Crippen LogP contribution in [0.1, 0.15) is 46.4 Å². The van der Waals surface area contributed by atoms with E-state index in [4.69, 9.17) is 18.9 Å². The molecule has 10 nitrogen and oxygen atoms in total. The second kappa shape index (κ2) is 20.3. The van der Waals surface area contributed by atoms with Crippen molar-refractivity contribution in [2.45, 2.75) is 25.7 Å². The number of anilines is 2. The molecule has 0 saturated carbocycles. The number of Topliss-reactive ketones (excluding diaryl/α,β-unsaturated/α-hetero) is 2. The molecule has 0 spiro atoms. The molecule has 54 heavy (non-hydrogen) atoms. The number of fused-ring (bicyclic) bond motifs is 2. The molecule has 4 aliphatic rings. The Hall–Kier alpha value is -4.48. The molecule has 0 N–H and O–H groups in total. The highest BCUT2D eigenvalue weighted by Gasteiger charge is 2.21. The molecule has 0 amide bonds. The van der Waals surface area contributed by atoms with Crippen molar-refractivity contribution in [1.82, 2.24) is 9.80 Å². The van der Waals surface area contributed by atoms with Crippen LogP contribution in [0.5, 0.6) is 23.0 Å². The van der Waals surface area contributed by atoms with Crippen LogP contribution in [0.2, 0.25) is 0 Å². The first-order chi connectivity index (χ1) is 25.6. The molecule has 288 valence electrons. The van der Waals surface area contributed by atoms with Crippen molar-refractivity contribution in [2.75, 3.05) is 88.8 Å². The molecule has 0 aromatic heterocycles. The predicted octanol–water partition coefficient (Wildman–Crippen LogP) is 0.409. The molecule has 0 aliphatic carbocycles. The minimum atomic E-state index is 0. The zero-order chi connectivity index (χ0) is 35.5. The number of nitrogens with zero attached hydrogens (tertiary/aromatic N) is 4. The van der Waals surface area contributed by atoms with Crippen molar-refractivity contribution in [3.63, 3.8) is 0 Å². The van der Waals surface area contributed by atoms with Crippen LogP contribution in [0.15, 0.2) is 97.1 Å². The number of para-hydroxylation sites is 2. The Morgan fingerprint density at radius 3 is 1.22 bits per heavy atom. The Balaban J connectivity index is 0.000000200. The maximum absolute atomic E-state index is 12.4. The number of hydrogen-bond acceptors (Lipinski definition) is 10. The van der Waals surface area contributed by atoms with Crippen molar-refractivity contribution in [3.8, 4) is 23.0 Å². The normalized spacial score (nSPS) is 16.1. The molecule has 2 saturated heterocycles. The Labute approximate surface area is 330 Å². The first kappa shape index (κ1) is 40.7. The molecule has 0 unspecified atom stereocenters. The summed E-state index contributed by atoms with van der Waals surface area (Å²) in [4.78, 5) is 34.6. The van der Waals surface area contributed by atoms with Gasteiger partial charge in [0.2, 0.25) is 13.6 Å². The van der Waals surface area contributed by atoms with Gasteiger partial charge in [-0.25, -0.2) is 0 Å². The molecule has 0 atom stereocenters. The summed E-state index contributed by atoms with van der Waals surface area (Å²) < 4.78 is 21.3. The minimum Gasteiger partial charge on any atom is -1.00 e. The van der Waals surface area contributed by atoms with E-state index in [-0.39, 0.29) is 50.0 Å². The van der Waals surface area contributed by atoms with E-state index in [0.29, 0.717) is 35.5 Å². The SMILES string of the molecule is O=C(CCCN1CCN(c2ccccc2)CC1)c1ccc2c(c1)OCO2.O=C(CCCN1CCN(c2ccccc2)CC1)c1ccc2c(c1)OCO2.[Cl-].[Cl-]. The highest BCUT2D eigenvalue weighted by molar-refractivity contribution is 5.97. The minimum absolute atomic E-state index is 0. The lowest BCUT2D eigenvalue weighted by Gasteiger charge is -2.36. The summed E-state index contributed by atoms with van der Waals surface area (Å²) in [6, 6.07) is 32.0. The molecule has 4 heterocycles. The van der Waals surface area contributed by atoms with E-state index in [9.17, 15) is 9.59 Å². The fraction of sp³-hybridized carbons (Fsp3) is 0.381. The Kier molecular flexibility index (Phi) is 15.3. The highest BCUT2D eigenvalue weighted by Crippen LogP contribution is 2.34. The average Bonchev–Trinajstić information content (AvgIpc) is 3.89. The average molecular weight is 776 g/mol. The number of benzene rings is 4. The molecule has 2 fully saturated rings. The number of ketones is 2. The molecular weight excluding hydrogens is 727 g/mol. The van der Waals surface area contributed by atoms with Crippen LogP contribution in [-0.4, -0.2) is 100 Å². The van der Waals surface area contributed by atoms with E-state index in [1.807, 2.05) is 24.3 Å². The summed E-state index contributed by atoms with van der Waals surface area (Å²) >= 11 is 0. The largest absolute Gasteiger partial charge is 1.00 e. The second-order valence-electron chi connectivity index (χ2n) is 13.5. The third kappa shape index (κ3) is 10.8. The van der Waals surface area contributed by atoms with Gasteiger partial charge in [0.25, 0.3) is 0 Å². The third-order valence-electron chi connectivity index (χ3n) is 10.1. The van der Waals surface area contributed by atoms with Gasteiger partial charge in [-0.15, -0.1) is 0 Å². The summed E-state index contributed by atoms with van der Waals surface area (Å²) in [5.41, 5.74) is 4.02. The number of ether oxygens (including phenoxy) is 4. The summed E-state index contributed by atoms with van der Waals surface area (Å²) in [6.45, 7) is 10.8. The van der Waals surface area contributed by atoms with E-state index < -0.39 is 0 Å². The first-order valence-electron chi connectivity index (χ1n) is 18.5. The number of rotatable bonds is 12. The summed E-state index contributed by atoms with van der Waals surface area (Å²) in [5.74, 6) is 3.13. The molecule has 0 radical (unpaired) electrons. The van der Waals surface area contributed by atoms with Gasteiger partial charge in [0, 0.05) is 87.7 Å².